The molecule has 1 N–H and O–H groups in total. The lowest BCUT2D eigenvalue weighted by Gasteiger charge is -2.05. The van der Waals surface area contributed by atoms with Crippen molar-refractivity contribution < 1.29 is 4.79 Å². The number of hydrogen-bond donors (Lipinski definition) is 1. The second-order valence-corrected chi connectivity index (χ2v) is 5.32. The van der Waals surface area contributed by atoms with Crippen molar-refractivity contribution >= 4 is 33.0 Å². The minimum absolute atomic E-state index is 0.178. The maximum absolute atomic E-state index is 12.2. The van der Waals surface area contributed by atoms with Crippen molar-refractivity contribution in [2.75, 3.05) is 5.32 Å². The van der Waals surface area contributed by atoms with Gasteiger partial charge in [0.15, 0.2) is 0 Å². The van der Waals surface area contributed by atoms with E-state index < -0.39 is 0 Å². The molecule has 0 spiro atoms. The summed E-state index contributed by atoms with van der Waals surface area (Å²) in [6.45, 7) is 0. The molecule has 0 saturated heterocycles. The Morgan fingerprint density at radius 1 is 0.950 bits per heavy atom. The number of amides is 1. The molecule has 0 radical (unpaired) electrons. The summed E-state index contributed by atoms with van der Waals surface area (Å²) in [6.07, 6.45) is 0. The topological polar surface area (TPSA) is 46.2 Å². The highest BCUT2D eigenvalue weighted by molar-refractivity contribution is 7.16. The van der Waals surface area contributed by atoms with Crippen molar-refractivity contribution in [1.82, 2.24) is 0 Å². The molecule has 0 atom stereocenters. The van der Waals surface area contributed by atoms with Crippen LogP contribution in [-0.2, 0) is 0 Å². The van der Waals surface area contributed by atoms with Crippen LogP contribution in [0.25, 0.3) is 10.1 Å². The molecule has 0 bridgehead atoms. The summed E-state index contributed by atoms with van der Waals surface area (Å²) in [6, 6.07) is 18.3. The smallest absolute Gasteiger partial charge is 0.260 e. The lowest BCUT2D eigenvalue weighted by molar-refractivity contribution is 0.102. The van der Waals surface area contributed by atoms with Gasteiger partial charge in [0, 0.05) is 10.4 Å². The fourth-order valence-electron chi connectivity index (χ4n) is 1.94. The van der Waals surface area contributed by atoms with Gasteiger partial charge in [-0.2, -0.15) is 0 Å². The molecule has 4 heteroatoms. The van der Waals surface area contributed by atoms with Crippen LogP contribution in [0.5, 0.6) is 0 Å². The van der Waals surface area contributed by atoms with Crippen LogP contribution < -0.4 is 10.1 Å². The van der Waals surface area contributed by atoms with Crippen molar-refractivity contribution in [2.24, 2.45) is 0 Å². The van der Waals surface area contributed by atoms with Crippen LogP contribution in [0.1, 0.15) is 10.4 Å². The van der Waals surface area contributed by atoms with E-state index >= 15 is 0 Å². The average molecular weight is 281 g/mol. The number of carbonyl (C=O) groups is 1. The zero-order valence-electron chi connectivity index (χ0n) is 10.5. The summed E-state index contributed by atoms with van der Waals surface area (Å²) >= 11 is 1.09. The van der Waals surface area contributed by atoms with Crippen LogP contribution in [0.15, 0.2) is 65.5 Å². The zero-order valence-corrected chi connectivity index (χ0v) is 11.3. The number of benzene rings is 2. The molecule has 0 saturated carbocycles. The number of anilines is 1. The Morgan fingerprint density at radius 2 is 1.65 bits per heavy atom. The highest BCUT2D eigenvalue weighted by Gasteiger charge is 2.12. The van der Waals surface area contributed by atoms with Crippen LogP contribution >= 0.6 is 11.3 Å². The maximum atomic E-state index is 12.2. The summed E-state index contributed by atoms with van der Waals surface area (Å²) in [5.41, 5.74) is 0.854. The average Bonchev–Trinajstić information content (AvgIpc) is 2.47. The second-order valence-electron chi connectivity index (χ2n) is 4.31. The molecule has 1 aromatic heterocycles. The lowest BCUT2D eigenvalue weighted by Crippen LogP contribution is -2.19. The SMILES string of the molecule is O=C(Nc1ccccc1)c1cc2ccccc2sc1=O. The minimum Gasteiger partial charge on any atom is -0.322 e. The van der Waals surface area contributed by atoms with Crippen molar-refractivity contribution in [1.29, 1.82) is 0 Å². The van der Waals surface area contributed by atoms with Gasteiger partial charge in [-0.1, -0.05) is 47.7 Å². The van der Waals surface area contributed by atoms with Gasteiger partial charge in [-0.25, -0.2) is 0 Å². The Morgan fingerprint density at radius 3 is 2.45 bits per heavy atom. The first kappa shape index (κ1) is 12.6. The van der Waals surface area contributed by atoms with Gasteiger partial charge in [-0.3, -0.25) is 9.59 Å². The van der Waals surface area contributed by atoms with E-state index in [0.29, 0.717) is 5.69 Å². The molecule has 0 fully saturated rings. The third-order valence-electron chi connectivity index (χ3n) is 2.92. The van der Waals surface area contributed by atoms with Gasteiger partial charge < -0.3 is 5.32 Å². The van der Waals surface area contributed by atoms with Gasteiger partial charge in [-0.05, 0) is 29.7 Å². The van der Waals surface area contributed by atoms with E-state index in [1.54, 1.807) is 18.2 Å². The van der Waals surface area contributed by atoms with Gasteiger partial charge in [-0.15, -0.1) is 0 Å². The number of para-hydroxylation sites is 1. The normalized spacial score (nSPS) is 10.4. The summed E-state index contributed by atoms with van der Waals surface area (Å²) in [7, 11) is 0. The van der Waals surface area contributed by atoms with E-state index in [1.165, 1.54) is 0 Å². The van der Waals surface area contributed by atoms with Gasteiger partial charge in [0.1, 0.15) is 0 Å². The minimum atomic E-state index is -0.372. The Bertz CT molecular complexity index is 825. The van der Waals surface area contributed by atoms with Crippen LogP contribution in [-0.4, -0.2) is 5.91 Å². The number of fused-ring (bicyclic) bond motifs is 1. The van der Waals surface area contributed by atoms with Gasteiger partial charge in [0.2, 0.25) is 4.74 Å². The molecule has 98 valence electrons. The van der Waals surface area contributed by atoms with Gasteiger partial charge in [0.25, 0.3) is 5.91 Å². The number of nitrogens with one attached hydrogen (secondary N) is 1. The van der Waals surface area contributed by atoms with E-state index in [4.69, 9.17) is 0 Å². The fourth-order valence-corrected chi connectivity index (χ4v) is 2.79. The monoisotopic (exact) mass is 281 g/mol. The van der Waals surface area contributed by atoms with E-state index in [1.807, 2.05) is 42.5 Å². The number of carbonyl (C=O) groups excluding carboxylic acids is 1. The molecule has 1 amide bonds. The standard InChI is InChI=1S/C16H11NO2S/c18-15(17-12-7-2-1-3-8-12)13-10-11-6-4-5-9-14(11)20-16(13)19/h1-10H,(H,17,18). The molecule has 3 aromatic rings. The number of hydrogen-bond acceptors (Lipinski definition) is 3. The molecule has 0 aliphatic heterocycles. The Labute approximate surface area is 119 Å². The van der Waals surface area contributed by atoms with Crippen LogP contribution in [0.4, 0.5) is 5.69 Å². The van der Waals surface area contributed by atoms with Crippen molar-refractivity contribution in [2.45, 2.75) is 0 Å². The summed E-state index contributed by atoms with van der Waals surface area (Å²) in [4.78, 5) is 24.2. The van der Waals surface area contributed by atoms with E-state index in [2.05, 4.69) is 5.32 Å². The first-order valence-corrected chi connectivity index (χ1v) is 6.95. The number of rotatable bonds is 2. The Balaban J connectivity index is 1.99. The van der Waals surface area contributed by atoms with Gasteiger partial charge in [0.05, 0.1) is 5.56 Å². The van der Waals surface area contributed by atoms with Crippen molar-refractivity contribution in [3.05, 3.63) is 75.8 Å². The van der Waals surface area contributed by atoms with E-state index in [9.17, 15) is 9.59 Å². The maximum Gasteiger partial charge on any atom is 0.260 e. The quantitative estimate of drug-likeness (QED) is 0.781. The molecule has 20 heavy (non-hydrogen) atoms. The Kier molecular flexibility index (Phi) is 3.31. The first-order valence-electron chi connectivity index (χ1n) is 6.13. The van der Waals surface area contributed by atoms with Gasteiger partial charge >= 0.3 is 0 Å². The van der Waals surface area contributed by atoms with Crippen molar-refractivity contribution in [3.63, 3.8) is 0 Å². The second kappa shape index (κ2) is 5.27. The highest BCUT2D eigenvalue weighted by atomic mass is 32.1. The third kappa shape index (κ3) is 2.46. The fraction of sp³-hybridized carbons (Fsp3) is 0. The molecule has 2 aromatic carbocycles. The van der Waals surface area contributed by atoms with E-state index in [-0.39, 0.29) is 16.2 Å². The molecule has 3 nitrogen and oxygen atoms in total. The molecule has 0 aliphatic rings. The predicted octanol–water partition coefficient (Wildman–Crippen LogP) is 3.51. The van der Waals surface area contributed by atoms with Crippen LogP contribution in [0.3, 0.4) is 0 Å². The van der Waals surface area contributed by atoms with E-state index in [0.717, 1.165) is 21.4 Å². The lowest BCUT2D eigenvalue weighted by atomic mass is 10.2. The first-order chi connectivity index (χ1) is 9.74. The summed E-state index contributed by atoms with van der Waals surface area (Å²) in [5, 5.41) is 3.63. The summed E-state index contributed by atoms with van der Waals surface area (Å²) < 4.78 is 0.658. The van der Waals surface area contributed by atoms with Crippen molar-refractivity contribution in [3.8, 4) is 0 Å². The molecule has 3 rings (SSSR count). The summed E-state index contributed by atoms with van der Waals surface area (Å²) in [5.74, 6) is -0.372. The molecule has 1 heterocycles. The predicted molar refractivity (Wildman–Crippen MR) is 82.5 cm³/mol. The van der Waals surface area contributed by atoms with Crippen LogP contribution in [0.2, 0.25) is 0 Å². The Hall–Kier alpha value is -2.46. The molecular formula is C16H11NO2S. The molecular weight excluding hydrogens is 270 g/mol. The molecule has 0 unspecified atom stereocenters. The largest absolute Gasteiger partial charge is 0.322 e. The third-order valence-corrected chi connectivity index (χ3v) is 3.91. The van der Waals surface area contributed by atoms with Crippen LogP contribution in [0, 0.1) is 0 Å². The highest BCUT2D eigenvalue weighted by Crippen LogP contribution is 2.17. The molecule has 0 aliphatic carbocycles. The zero-order chi connectivity index (χ0) is 13.9.